The molecule has 1 N–H and O–H groups in total. The molecule has 2 aromatic rings. The number of hydrogen-bond donors (Lipinski definition) is 1. The van der Waals surface area contributed by atoms with Crippen LogP contribution in [0.15, 0.2) is 40.1 Å². The lowest BCUT2D eigenvalue weighted by atomic mass is 10.1. The van der Waals surface area contributed by atoms with E-state index in [9.17, 15) is 8.42 Å². The van der Waals surface area contributed by atoms with Crippen LogP contribution in [-0.2, 0) is 21.8 Å². The van der Waals surface area contributed by atoms with Crippen LogP contribution < -0.4 is 4.72 Å². The van der Waals surface area contributed by atoms with Gasteiger partial charge in [0, 0.05) is 38.6 Å². The number of sulfonamides is 1. The smallest absolute Gasteiger partial charge is 0.250 e. The summed E-state index contributed by atoms with van der Waals surface area (Å²) in [6.45, 7) is 3.31. The van der Waals surface area contributed by atoms with Crippen molar-refractivity contribution in [3.63, 3.8) is 0 Å². The van der Waals surface area contributed by atoms with E-state index in [0.717, 1.165) is 18.8 Å². The summed E-state index contributed by atoms with van der Waals surface area (Å²) in [6.07, 6.45) is 1.98. The van der Waals surface area contributed by atoms with Gasteiger partial charge in [-0.05, 0) is 23.6 Å². The SMILES string of the molecule is Cn1cccc1[C@H](CNS(=O)(=O)c1cccs1)N1CCOCC1. The van der Waals surface area contributed by atoms with Gasteiger partial charge < -0.3 is 9.30 Å². The molecule has 3 rings (SSSR count). The number of aryl methyl sites for hydroxylation is 1. The highest BCUT2D eigenvalue weighted by Gasteiger charge is 2.26. The van der Waals surface area contributed by atoms with Crippen molar-refractivity contribution in [3.8, 4) is 0 Å². The Morgan fingerprint density at radius 3 is 2.70 bits per heavy atom. The van der Waals surface area contributed by atoms with Crippen LogP contribution in [0.3, 0.4) is 0 Å². The van der Waals surface area contributed by atoms with Gasteiger partial charge in [0.15, 0.2) is 0 Å². The third-order valence-corrected chi connectivity index (χ3v) is 6.86. The molecule has 1 atom stereocenters. The minimum absolute atomic E-state index is 0.00589. The molecular formula is C15H21N3O3S2. The Hall–Kier alpha value is -1.19. The maximum Gasteiger partial charge on any atom is 0.250 e. The Morgan fingerprint density at radius 2 is 2.09 bits per heavy atom. The minimum Gasteiger partial charge on any atom is -0.379 e. The van der Waals surface area contributed by atoms with Gasteiger partial charge >= 0.3 is 0 Å². The van der Waals surface area contributed by atoms with E-state index in [4.69, 9.17) is 4.74 Å². The largest absolute Gasteiger partial charge is 0.379 e. The number of thiophene rings is 1. The first-order valence-electron chi connectivity index (χ1n) is 7.54. The van der Waals surface area contributed by atoms with Gasteiger partial charge in [0.05, 0.1) is 19.3 Å². The standard InChI is InChI=1S/C15H21N3O3S2/c1-17-6-2-4-13(17)14(18-7-9-21-10-8-18)12-16-23(19,20)15-5-3-11-22-15/h2-6,11,14,16H,7-10,12H2,1H3/t14-/m0/s1. The Morgan fingerprint density at radius 1 is 1.30 bits per heavy atom. The quantitative estimate of drug-likeness (QED) is 0.852. The first-order chi connectivity index (χ1) is 11.1. The van der Waals surface area contributed by atoms with Crippen molar-refractivity contribution in [1.82, 2.24) is 14.2 Å². The third-order valence-electron chi connectivity index (χ3n) is 4.04. The zero-order valence-corrected chi connectivity index (χ0v) is 14.6. The fraction of sp³-hybridized carbons (Fsp3) is 0.467. The summed E-state index contributed by atoms with van der Waals surface area (Å²) in [7, 11) is -1.47. The summed E-state index contributed by atoms with van der Waals surface area (Å²) in [4.78, 5) is 2.27. The number of morpholine rings is 1. The highest BCUT2D eigenvalue weighted by Crippen LogP contribution is 2.23. The summed E-state index contributed by atoms with van der Waals surface area (Å²) < 4.78 is 35.3. The zero-order valence-electron chi connectivity index (χ0n) is 13.0. The molecule has 0 aromatic carbocycles. The van der Waals surface area contributed by atoms with Crippen LogP contribution in [-0.4, -0.2) is 50.7 Å². The minimum atomic E-state index is -3.45. The molecule has 0 spiro atoms. The Balaban J connectivity index is 1.78. The Bertz CT molecular complexity index is 719. The average Bonchev–Trinajstić information content (AvgIpc) is 3.21. The highest BCUT2D eigenvalue weighted by molar-refractivity contribution is 7.91. The van der Waals surface area contributed by atoms with Gasteiger partial charge in [0.25, 0.3) is 0 Å². The molecule has 1 fully saturated rings. The van der Waals surface area contributed by atoms with Gasteiger partial charge in [0.1, 0.15) is 4.21 Å². The monoisotopic (exact) mass is 355 g/mol. The molecule has 126 valence electrons. The van der Waals surface area contributed by atoms with Crippen molar-refractivity contribution in [2.45, 2.75) is 10.3 Å². The van der Waals surface area contributed by atoms with Gasteiger partial charge in [-0.1, -0.05) is 6.07 Å². The molecule has 23 heavy (non-hydrogen) atoms. The second-order valence-electron chi connectivity index (χ2n) is 5.49. The van der Waals surface area contributed by atoms with Gasteiger partial charge in [-0.2, -0.15) is 0 Å². The molecule has 3 heterocycles. The van der Waals surface area contributed by atoms with Crippen molar-refractivity contribution < 1.29 is 13.2 Å². The number of aromatic nitrogens is 1. The van der Waals surface area contributed by atoms with Crippen molar-refractivity contribution in [1.29, 1.82) is 0 Å². The molecule has 1 saturated heterocycles. The third kappa shape index (κ3) is 3.84. The molecule has 2 aromatic heterocycles. The van der Waals surface area contributed by atoms with Crippen LogP contribution in [0.4, 0.5) is 0 Å². The van der Waals surface area contributed by atoms with Crippen LogP contribution in [0, 0.1) is 0 Å². The number of rotatable bonds is 6. The maximum atomic E-state index is 12.4. The summed E-state index contributed by atoms with van der Waals surface area (Å²) in [5.74, 6) is 0. The lowest BCUT2D eigenvalue weighted by Gasteiger charge is -2.34. The van der Waals surface area contributed by atoms with Crippen molar-refractivity contribution in [2.75, 3.05) is 32.8 Å². The Labute approximate surface area is 140 Å². The van der Waals surface area contributed by atoms with Crippen LogP contribution in [0.5, 0.6) is 0 Å². The molecule has 1 aliphatic heterocycles. The number of nitrogens with zero attached hydrogens (tertiary/aromatic N) is 2. The summed E-state index contributed by atoms with van der Waals surface area (Å²) >= 11 is 1.23. The van der Waals surface area contributed by atoms with E-state index in [1.54, 1.807) is 17.5 Å². The number of ether oxygens (including phenoxy) is 1. The van der Waals surface area contributed by atoms with Gasteiger partial charge in [-0.3, -0.25) is 4.90 Å². The van der Waals surface area contributed by atoms with E-state index in [-0.39, 0.29) is 6.04 Å². The number of nitrogens with one attached hydrogen (secondary N) is 1. The normalized spacial score (nSPS) is 18.1. The maximum absolute atomic E-state index is 12.4. The van der Waals surface area contributed by atoms with E-state index < -0.39 is 10.0 Å². The molecule has 0 saturated carbocycles. The molecule has 0 unspecified atom stereocenters. The highest BCUT2D eigenvalue weighted by atomic mass is 32.2. The fourth-order valence-corrected chi connectivity index (χ4v) is 4.88. The second-order valence-corrected chi connectivity index (χ2v) is 8.43. The van der Waals surface area contributed by atoms with Crippen molar-refractivity contribution >= 4 is 21.4 Å². The Kier molecular flexibility index (Phi) is 5.17. The summed E-state index contributed by atoms with van der Waals surface area (Å²) in [5.41, 5.74) is 1.10. The molecule has 0 bridgehead atoms. The fourth-order valence-electron chi connectivity index (χ4n) is 2.81. The molecule has 0 aliphatic carbocycles. The topological polar surface area (TPSA) is 63.6 Å². The molecule has 0 amide bonds. The molecule has 6 nitrogen and oxygen atoms in total. The van der Waals surface area contributed by atoms with Crippen LogP contribution >= 0.6 is 11.3 Å². The summed E-state index contributed by atoms with van der Waals surface area (Å²) in [5, 5.41) is 1.77. The first-order valence-corrected chi connectivity index (χ1v) is 9.90. The predicted octanol–water partition coefficient (Wildman–Crippen LogP) is 1.44. The lowest BCUT2D eigenvalue weighted by molar-refractivity contribution is 0.0158. The molecule has 1 aliphatic rings. The van der Waals surface area contributed by atoms with E-state index in [2.05, 4.69) is 9.62 Å². The van der Waals surface area contributed by atoms with E-state index in [1.807, 2.05) is 29.9 Å². The predicted molar refractivity (Wildman–Crippen MR) is 90.1 cm³/mol. The van der Waals surface area contributed by atoms with E-state index in [1.165, 1.54) is 11.3 Å². The van der Waals surface area contributed by atoms with Gasteiger partial charge in [-0.25, -0.2) is 13.1 Å². The van der Waals surface area contributed by atoms with Gasteiger partial charge in [-0.15, -0.1) is 11.3 Å². The first kappa shape index (κ1) is 16.7. The molecule has 0 radical (unpaired) electrons. The van der Waals surface area contributed by atoms with Crippen LogP contribution in [0.1, 0.15) is 11.7 Å². The van der Waals surface area contributed by atoms with Crippen LogP contribution in [0.25, 0.3) is 0 Å². The second kappa shape index (κ2) is 7.14. The van der Waals surface area contributed by atoms with Crippen LogP contribution in [0.2, 0.25) is 0 Å². The molecular weight excluding hydrogens is 334 g/mol. The average molecular weight is 355 g/mol. The van der Waals surface area contributed by atoms with E-state index >= 15 is 0 Å². The van der Waals surface area contributed by atoms with Crippen molar-refractivity contribution in [2.24, 2.45) is 7.05 Å². The van der Waals surface area contributed by atoms with Gasteiger partial charge in [0.2, 0.25) is 10.0 Å². The number of hydrogen-bond acceptors (Lipinski definition) is 5. The van der Waals surface area contributed by atoms with E-state index in [0.29, 0.717) is 24.0 Å². The van der Waals surface area contributed by atoms with Crippen molar-refractivity contribution in [3.05, 3.63) is 41.5 Å². The molecule has 8 heteroatoms. The lowest BCUT2D eigenvalue weighted by Crippen LogP contribution is -2.44. The zero-order chi connectivity index (χ0) is 16.3. The summed E-state index contributed by atoms with van der Waals surface area (Å²) in [6, 6.07) is 7.39.